The summed E-state index contributed by atoms with van der Waals surface area (Å²) in [6.45, 7) is 3.96. The Morgan fingerprint density at radius 2 is 2.04 bits per heavy atom. The fraction of sp³-hybridized carbons (Fsp3) is 0.333. The first kappa shape index (κ1) is 16.7. The van der Waals surface area contributed by atoms with Crippen LogP contribution in [0.3, 0.4) is 0 Å². The Hall–Kier alpha value is -1.12. The van der Waals surface area contributed by atoms with Crippen LogP contribution < -0.4 is 4.72 Å². The maximum atomic E-state index is 12.2. The number of morpholine rings is 1. The lowest BCUT2D eigenvalue weighted by atomic mass is 10.2. The molecule has 2 aromatic rings. The van der Waals surface area contributed by atoms with Crippen molar-refractivity contribution in [3.05, 3.63) is 46.3 Å². The Bertz CT molecular complexity index is 757. The summed E-state index contributed by atoms with van der Waals surface area (Å²) in [5, 5.41) is 2.29. The number of ether oxygens (including phenoxy) is 1. The minimum Gasteiger partial charge on any atom is -0.379 e. The van der Waals surface area contributed by atoms with Crippen molar-refractivity contribution >= 4 is 38.6 Å². The van der Waals surface area contributed by atoms with Crippen molar-refractivity contribution in [3.8, 4) is 0 Å². The van der Waals surface area contributed by atoms with E-state index in [0.29, 0.717) is 10.7 Å². The molecular formula is C15H17ClN2O3S2. The summed E-state index contributed by atoms with van der Waals surface area (Å²) >= 11 is 7.49. The van der Waals surface area contributed by atoms with Crippen molar-refractivity contribution in [2.75, 3.05) is 31.0 Å². The molecule has 1 aromatic carbocycles. The number of thiophene rings is 1. The van der Waals surface area contributed by atoms with Crippen molar-refractivity contribution in [1.29, 1.82) is 0 Å². The summed E-state index contributed by atoms with van der Waals surface area (Å²) in [6.07, 6.45) is 0. The minimum atomic E-state index is -3.54. The van der Waals surface area contributed by atoms with Crippen LogP contribution in [-0.2, 0) is 21.3 Å². The molecule has 1 aromatic heterocycles. The van der Waals surface area contributed by atoms with Gasteiger partial charge in [-0.05, 0) is 29.1 Å². The van der Waals surface area contributed by atoms with Gasteiger partial charge in [0, 0.05) is 24.7 Å². The van der Waals surface area contributed by atoms with Crippen LogP contribution in [0.2, 0.25) is 5.02 Å². The summed E-state index contributed by atoms with van der Waals surface area (Å²) in [4.78, 5) is 2.26. The molecule has 0 amide bonds. The van der Waals surface area contributed by atoms with Crippen molar-refractivity contribution in [1.82, 2.24) is 4.90 Å². The van der Waals surface area contributed by atoms with Crippen LogP contribution in [0.1, 0.15) is 5.56 Å². The Kier molecular flexibility index (Phi) is 5.23. The number of nitrogens with zero attached hydrogens (tertiary/aromatic N) is 1. The topological polar surface area (TPSA) is 58.6 Å². The normalized spacial score (nSPS) is 16.4. The van der Waals surface area contributed by atoms with Crippen LogP contribution in [0.4, 0.5) is 5.69 Å². The molecular weight excluding hydrogens is 356 g/mol. The fourth-order valence-corrected chi connectivity index (χ4v) is 4.64. The summed E-state index contributed by atoms with van der Waals surface area (Å²) in [6, 6.07) is 8.54. The molecule has 0 aliphatic carbocycles. The molecule has 5 nitrogen and oxygen atoms in total. The van der Waals surface area contributed by atoms with Crippen LogP contribution in [-0.4, -0.2) is 39.6 Å². The number of anilines is 1. The van der Waals surface area contributed by atoms with Gasteiger partial charge in [0.05, 0.1) is 18.9 Å². The highest BCUT2D eigenvalue weighted by Crippen LogP contribution is 2.25. The third-order valence-corrected chi connectivity index (χ3v) is 6.69. The number of hydrogen-bond acceptors (Lipinski definition) is 5. The Morgan fingerprint density at radius 1 is 1.26 bits per heavy atom. The second kappa shape index (κ2) is 7.19. The van der Waals surface area contributed by atoms with Crippen LogP contribution in [0.5, 0.6) is 0 Å². The van der Waals surface area contributed by atoms with Gasteiger partial charge in [-0.2, -0.15) is 0 Å². The molecule has 1 saturated heterocycles. The molecule has 1 aliphatic rings. The van der Waals surface area contributed by atoms with E-state index in [9.17, 15) is 8.42 Å². The molecule has 0 atom stereocenters. The zero-order valence-electron chi connectivity index (χ0n) is 12.4. The van der Waals surface area contributed by atoms with Gasteiger partial charge in [0.15, 0.2) is 0 Å². The standard InChI is InChI=1S/C15H17ClN2O3S2/c16-14-10-13(17-23(19,20)15-2-1-9-22-15)4-3-12(14)11-18-5-7-21-8-6-18/h1-4,9-10,17H,5-8,11H2. The number of halogens is 1. The zero-order valence-corrected chi connectivity index (χ0v) is 14.8. The summed E-state index contributed by atoms with van der Waals surface area (Å²) in [5.74, 6) is 0. The first-order valence-corrected chi connectivity index (χ1v) is 9.93. The molecule has 0 saturated carbocycles. The Balaban J connectivity index is 1.71. The van der Waals surface area contributed by atoms with Gasteiger partial charge in [-0.25, -0.2) is 8.42 Å². The lowest BCUT2D eigenvalue weighted by Gasteiger charge is -2.27. The van der Waals surface area contributed by atoms with Crippen LogP contribution in [0.15, 0.2) is 39.9 Å². The summed E-state index contributed by atoms with van der Waals surface area (Å²) in [5.41, 5.74) is 1.45. The predicted molar refractivity (Wildman–Crippen MR) is 92.7 cm³/mol. The van der Waals surface area contributed by atoms with Gasteiger partial charge in [-0.1, -0.05) is 23.7 Å². The van der Waals surface area contributed by atoms with E-state index in [1.807, 2.05) is 6.07 Å². The highest BCUT2D eigenvalue weighted by atomic mass is 35.5. The van der Waals surface area contributed by atoms with E-state index in [1.165, 1.54) is 11.3 Å². The zero-order chi connectivity index (χ0) is 16.3. The number of rotatable bonds is 5. The highest BCUT2D eigenvalue weighted by Gasteiger charge is 2.17. The lowest BCUT2D eigenvalue weighted by molar-refractivity contribution is 0.0342. The van der Waals surface area contributed by atoms with E-state index >= 15 is 0 Å². The van der Waals surface area contributed by atoms with Gasteiger partial charge >= 0.3 is 0 Å². The molecule has 0 unspecified atom stereocenters. The number of benzene rings is 1. The fourth-order valence-electron chi connectivity index (χ4n) is 2.36. The van der Waals surface area contributed by atoms with Crippen molar-refractivity contribution < 1.29 is 13.2 Å². The maximum Gasteiger partial charge on any atom is 0.271 e. The van der Waals surface area contributed by atoms with E-state index in [2.05, 4.69) is 9.62 Å². The van der Waals surface area contributed by atoms with Crippen molar-refractivity contribution in [2.45, 2.75) is 10.8 Å². The van der Waals surface area contributed by atoms with Crippen molar-refractivity contribution in [2.24, 2.45) is 0 Å². The molecule has 3 rings (SSSR count). The molecule has 1 fully saturated rings. The van der Waals surface area contributed by atoms with Crippen LogP contribution in [0, 0.1) is 0 Å². The first-order valence-electron chi connectivity index (χ1n) is 7.19. The molecule has 0 radical (unpaired) electrons. The quantitative estimate of drug-likeness (QED) is 0.876. The second-order valence-corrected chi connectivity index (χ2v) is 8.50. The van der Waals surface area contributed by atoms with E-state index in [4.69, 9.17) is 16.3 Å². The number of hydrogen-bond donors (Lipinski definition) is 1. The predicted octanol–water partition coefficient (Wildman–Crippen LogP) is 3.03. The molecule has 0 bridgehead atoms. The highest BCUT2D eigenvalue weighted by molar-refractivity contribution is 7.94. The smallest absolute Gasteiger partial charge is 0.271 e. The Morgan fingerprint density at radius 3 is 2.70 bits per heavy atom. The van der Waals surface area contributed by atoms with E-state index < -0.39 is 10.0 Å². The molecule has 0 spiro atoms. The van der Waals surface area contributed by atoms with Gasteiger partial charge in [-0.3, -0.25) is 9.62 Å². The van der Waals surface area contributed by atoms with Crippen molar-refractivity contribution in [3.63, 3.8) is 0 Å². The SMILES string of the molecule is O=S(=O)(Nc1ccc(CN2CCOCC2)c(Cl)c1)c1cccs1. The lowest BCUT2D eigenvalue weighted by Crippen LogP contribution is -2.35. The molecule has 124 valence electrons. The van der Waals surface area contributed by atoms with Crippen LogP contribution >= 0.6 is 22.9 Å². The van der Waals surface area contributed by atoms with Gasteiger partial charge in [0.25, 0.3) is 10.0 Å². The average Bonchev–Trinajstić information content (AvgIpc) is 3.06. The summed E-state index contributed by atoms with van der Waals surface area (Å²) < 4.78 is 32.6. The molecule has 2 heterocycles. The van der Waals surface area contributed by atoms with E-state index in [1.54, 1.807) is 29.6 Å². The minimum absolute atomic E-state index is 0.283. The maximum absolute atomic E-state index is 12.2. The van der Waals surface area contributed by atoms with Gasteiger partial charge in [0.2, 0.25) is 0 Å². The third kappa shape index (κ3) is 4.24. The Labute approximate surface area is 144 Å². The van der Waals surface area contributed by atoms with Gasteiger partial charge in [0.1, 0.15) is 4.21 Å². The monoisotopic (exact) mass is 372 g/mol. The third-order valence-electron chi connectivity index (χ3n) is 3.56. The molecule has 8 heteroatoms. The van der Waals surface area contributed by atoms with E-state index in [0.717, 1.165) is 38.4 Å². The van der Waals surface area contributed by atoms with E-state index in [-0.39, 0.29) is 4.21 Å². The van der Waals surface area contributed by atoms with Gasteiger partial charge < -0.3 is 4.74 Å². The van der Waals surface area contributed by atoms with Gasteiger partial charge in [-0.15, -0.1) is 11.3 Å². The average molecular weight is 373 g/mol. The molecule has 1 N–H and O–H groups in total. The largest absolute Gasteiger partial charge is 0.379 e. The summed E-state index contributed by atoms with van der Waals surface area (Å²) in [7, 11) is -3.54. The second-order valence-electron chi connectivity index (χ2n) is 5.23. The molecule has 23 heavy (non-hydrogen) atoms. The van der Waals surface area contributed by atoms with Crippen LogP contribution in [0.25, 0.3) is 0 Å². The molecule has 1 aliphatic heterocycles. The number of sulfonamides is 1. The first-order chi connectivity index (χ1) is 11.0. The number of nitrogens with one attached hydrogen (secondary N) is 1.